The van der Waals surface area contributed by atoms with E-state index in [4.69, 9.17) is 4.74 Å². The summed E-state index contributed by atoms with van der Waals surface area (Å²) in [5.41, 5.74) is 3.57. The maximum Gasteiger partial charge on any atom is 0.131 e. The Labute approximate surface area is 123 Å². The summed E-state index contributed by atoms with van der Waals surface area (Å²) in [5, 5.41) is 6.90. The van der Waals surface area contributed by atoms with Crippen LogP contribution in [0.1, 0.15) is 37.6 Å². The van der Waals surface area contributed by atoms with Crippen LogP contribution in [0.4, 0.5) is 5.82 Å². The first kappa shape index (κ1) is 16.9. The Balaban J connectivity index is 2.78. The third-order valence-electron chi connectivity index (χ3n) is 3.29. The van der Waals surface area contributed by atoms with Crippen LogP contribution in [0.25, 0.3) is 0 Å². The van der Waals surface area contributed by atoms with Gasteiger partial charge in [-0.3, -0.25) is 0 Å². The topological polar surface area (TPSA) is 46.2 Å². The molecule has 4 nitrogen and oxygen atoms in total. The number of pyridine rings is 1. The molecule has 1 atom stereocenters. The van der Waals surface area contributed by atoms with Crippen molar-refractivity contribution < 1.29 is 4.74 Å². The van der Waals surface area contributed by atoms with E-state index >= 15 is 0 Å². The van der Waals surface area contributed by atoms with E-state index in [-0.39, 0.29) is 6.10 Å². The molecule has 0 spiro atoms. The van der Waals surface area contributed by atoms with Crippen molar-refractivity contribution in [3.05, 3.63) is 22.9 Å². The molecule has 1 heterocycles. The largest absolute Gasteiger partial charge is 0.380 e. The van der Waals surface area contributed by atoms with Crippen LogP contribution >= 0.6 is 0 Å². The molecule has 1 rings (SSSR count). The van der Waals surface area contributed by atoms with Crippen LogP contribution in [-0.2, 0) is 11.3 Å². The van der Waals surface area contributed by atoms with E-state index in [1.165, 1.54) is 11.1 Å². The molecular weight excluding hydrogens is 250 g/mol. The van der Waals surface area contributed by atoms with Gasteiger partial charge in [0.05, 0.1) is 6.10 Å². The van der Waals surface area contributed by atoms with Gasteiger partial charge >= 0.3 is 0 Å². The zero-order valence-corrected chi connectivity index (χ0v) is 13.7. The van der Waals surface area contributed by atoms with Gasteiger partial charge in [-0.15, -0.1) is 0 Å². The molecule has 4 heteroatoms. The van der Waals surface area contributed by atoms with Crippen molar-refractivity contribution in [3.8, 4) is 0 Å². The molecule has 0 aliphatic rings. The fraction of sp³-hybridized carbons (Fsp3) is 0.688. The predicted molar refractivity (Wildman–Crippen MR) is 85.2 cm³/mol. The van der Waals surface area contributed by atoms with Crippen molar-refractivity contribution >= 4 is 5.82 Å². The van der Waals surface area contributed by atoms with Crippen LogP contribution in [0.5, 0.6) is 0 Å². The summed E-state index contributed by atoms with van der Waals surface area (Å²) in [6.07, 6.45) is 0.175. The van der Waals surface area contributed by atoms with Crippen molar-refractivity contribution in [1.29, 1.82) is 0 Å². The second-order valence-corrected chi connectivity index (χ2v) is 5.86. The van der Waals surface area contributed by atoms with Crippen molar-refractivity contribution in [2.75, 3.05) is 25.5 Å². The summed E-state index contributed by atoms with van der Waals surface area (Å²) in [7, 11) is 1.73. The Kier molecular flexibility index (Phi) is 6.96. The molecule has 0 aliphatic carbocycles. The van der Waals surface area contributed by atoms with Gasteiger partial charge < -0.3 is 15.4 Å². The maximum absolute atomic E-state index is 5.28. The Bertz CT molecular complexity index is 418. The molecule has 0 saturated carbocycles. The Morgan fingerprint density at radius 1 is 1.20 bits per heavy atom. The third-order valence-corrected chi connectivity index (χ3v) is 3.29. The van der Waals surface area contributed by atoms with Crippen LogP contribution in [0.2, 0.25) is 0 Å². The number of nitrogens with zero attached hydrogens (tertiary/aromatic N) is 1. The lowest BCUT2D eigenvalue weighted by atomic mass is 10.1. The highest BCUT2D eigenvalue weighted by atomic mass is 16.5. The minimum absolute atomic E-state index is 0.175. The second kappa shape index (κ2) is 8.22. The Morgan fingerprint density at radius 3 is 2.50 bits per heavy atom. The maximum atomic E-state index is 5.28. The third kappa shape index (κ3) is 5.47. The molecule has 1 aromatic rings. The molecule has 0 bridgehead atoms. The summed E-state index contributed by atoms with van der Waals surface area (Å²) < 4.78 is 5.28. The first-order chi connectivity index (χ1) is 9.43. The smallest absolute Gasteiger partial charge is 0.131 e. The van der Waals surface area contributed by atoms with Gasteiger partial charge in [-0.25, -0.2) is 4.98 Å². The van der Waals surface area contributed by atoms with E-state index in [0.717, 1.165) is 31.1 Å². The summed E-state index contributed by atoms with van der Waals surface area (Å²) in [6, 6.07) is 2.14. The van der Waals surface area contributed by atoms with Gasteiger partial charge in [0, 0.05) is 31.5 Å². The molecular formula is C16H29N3O. The van der Waals surface area contributed by atoms with Crippen LogP contribution in [-0.4, -0.2) is 31.3 Å². The van der Waals surface area contributed by atoms with Crippen molar-refractivity contribution in [3.63, 3.8) is 0 Å². The minimum atomic E-state index is 0.175. The highest BCUT2D eigenvalue weighted by molar-refractivity contribution is 5.49. The van der Waals surface area contributed by atoms with Crippen LogP contribution < -0.4 is 10.6 Å². The number of hydrogen-bond donors (Lipinski definition) is 2. The normalized spacial score (nSPS) is 12.8. The predicted octanol–water partition coefficient (Wildman–Crippen LogP) is 2.89. The lowest BCUT2D eigenvalue weighted by Crippen LogP contribution is -2.23. The summed E-state index contributed by atoms with van der Waals surface area (Å²) in [5.74, 6) is 1.63. The zero-order valence-electron chi connectivity index (χ0n) is 13.7. The van der Waals surface area contributed by atoms with E-state index in [1.54, 1.807) is 7.11 Å². The van der Waals surface area contributed by atoms with Gasteiger partial charge in [0.2, 0.25) is 0 Å². The highest BCUT2D eigenvalue weighted by Gasteiger charge is 2.10. The molecule has 2 N–H and O–H groups in total. The van der Waals surface area contributed by atoms with E-state index in [2.05, 4.69) is 42.5 Å². The fourth-order valence-corrected chi connectivity index (χ4v) is 2.04. The Morgan fingerprint density at radius 2 is 1.90 bits per heavy atom. The van der Waals surface area contributed by atoms with E-state index in [1.807, 2.05) is 13.8 Å². The number of aromatic nitrogens is 1. The minimum Gasteiger partial charge on any atom is -0.380 e. The number of ether oxygens (including phenoxy) is 1. The first-order valence-electron chi connectivity index (χ1n) is 7.38. The average Bonchev–Trinajstić information content (AvgIpc) is 2.38. The Hall–Kier alpha value is -1.13. The lowest BCUT2D eigenvalue weighted by Gasteiger charge is -2.18. The molecule has 1 unspecified atom stereocenters. The van der Waals surface area contributed by atoms with Gasteiger partial charge in [0.25, 0.3) is 0 Å². The van der Waals surface area contributed by atoms with Crippen LogP contribution in [0.15, 0.2) is 6.07 Å². The van der Waals surface area contributed by atoms with Crippen molar-refractivity contribution in [1.82, 2.24) is 10.3 Å². The van der Waals surface area contributed by atoms with Crippen LogP contribution in [0.3, 0.4) is 0 Å². The van der Waals surface area contributed by atoms with Gasteiger partial charge in [0.1, 0.15) is 5.82 Å². The summed E-state index contributed by atoms with van der Waals surface area (Å²) in [4.78, 5) is 4.63. The van der Waals surface area contributed by atoms with E-state index in [9.17, 15) is 0 Å². The van der Waals surface area contributed by atoms with Gasteiger partial charge in [-0.05, 0) is 44.9 Å². The fourth-order valence-electron chi connectivity index (χ4n) is 2.04. The molecule has 20 heavy (non-hydrogen) atoms. The quantitative estimate of drug-likeness (QED) is 0.768. The molecule has 0 fully saturated rings. The molecule has 0 aliphatic heterocycles. The molecule has 0 saturated heterocycles. The number of hydrogen-bond acceptors (Lipinski definition) is 4. The zero-order chi connectivity index (χ0) is 15.1. The summed E-state index contributed by atoms with van der Waals surface area (Å²) >= 11 is 0. The van der Waals surface area contributed by atoms with Crippen LogP contribution in [0, 0.1) is 19.8 Å². The molecule has 114 valence electrons. The lowest BCUT2D eigenvalue weighted by molar-refractivity contribution is 0.128. The average molecular weight is 279 g/mol. The molecule has 1 aromatic heterocycles. The van der Waals surface area contributed by atoms with E-state index in [0.29, 0.717) is 5.92 Å². The summed E-state index contributed by atoms with van der Waals surface area (Å²) in [6.45, 7) is 13.3. The molecule has 0 radical (unpaired) electrons. The van der Waals surface area contributed by atoms with Crippen molar-refractivity contribution in [2.45, 2.75) is 47.3 Å². The number of rotatable bonds is 8. The molecule has 0 aromatic carbocycles. The van der Waals surface area contributed by atoms with Gasteiger partial charge in [0.15, 0.2) is 0 Å². The van der Waals surface area contributed by atoms with Gasteiger partial charge in [-0.1, -0.05) is 13.8 Å². The standard InChI is InChI=1S/C16H29N3O/c1-11(2)8-17-10-15-12(3)7-13(4)19-16(15)18-9-14(5)20-6/h7,11,14,17H,8-10H2,1-6H3,(H,18,19). The number of nitrogens with one attached hydrogen (secondary N) is 2. The van der Waals surface area contributed by atoms with Crippen molar-refractivity contribution in [2.24, 2.45) is 5.92 Å². The number of aryl methyl sites for hydroxylation is 2. The second-order valence-electron chi connectivity index (χ2n) is 5.86. The number of methoxy groups -OCH3 is 1. The number of anilines is 1. The highest BCUT2D eigenvalue weighted by Crippen LogP contribution is 2.19. The monoisotopic (exact) mass is 279 g/mol. The molecule has 0 amide bonds. The first-order valence-corrected chi connectivity index (χ1v) is 7.38. The SMILES string of the molecule is COC(C)CNc1nc(C)cc(C)c1CNCC(C)C. The van der Waals surface area contributed by atoms with E-state index < -0.39 is 0 Å². The van der Waals surface area contributed by atoms with Gasteiger partial charge in [-0.2, -0.15) is 0 Å².